The van der Waals surface area contributed by atoms with Gasteiger partial charge in [0.05, 0.1) is 5.41 Å². The summed E-state index contributed by atoms with van der Waals surface area (Å²) in [6.45, 7) is 3.71. The topological polar surface area (TPSA) is 75.6 Å². The molecule has 4 rings (SSSR count). The third-order valence-electron chi connectivity index (χ3n) is 5.34. The number of alkyl carbamates (subject to hydrolysis) is 1. The van der Waals surface area contributed by atoms with Crippen molar-refractivity contribution in [2.24, 2.45) is 23.2 Å². The quantitative estimate of drug-likeness (QED) is 0.773. The molecule has 4 aliphatic carbocycles. The van der Waals surface area contributed by atoms with Gasteiger partial charge >= 0.3 is 12.1 Å². The Hall–Kier alpha value is -1.52. The van der Waals surface area contributed by atoms with Gasteiger partial charge in [0.15, 0.2) is 0 Å². The molecule has 4 aliphatic rings. The summed E-state index contributed by atoms with van der Waals surface area (Å²) in [4.78, 5) is 23.3. The van der Waals surface area contributed by atoms with Gasteiger partial charge in [-0.2, -0.15) is 0 Å². The molecule has 1 amide bonds. The van der Waals surface area contributed by atoms with Crippen LogP contribution in [0.4, 0.5) is 4.79 Å². The summed E-state index contributed by atoms with van der Waals surface area (Å²) < 4.78 is 4.99. The maximum Gasteiger partial charge on any atom is 0.407 e. The Bertz CT molecular complexity index is 431. The zero-order valence-corrected chi connectivity index (χ0v) is 11.5. The number of hydrogen-bond acceptors (Lipinski definition) is 3. The van der Waals surface area contributed by atoms with Gasteiger partial charge in [0.2, 0.25) is 0 Å². The van der Waals surface area contributed by atoms with Crippen molar-refractivity contribution in [1.82, 2.24) is 5.32 Å². The Balaban J connectivity index is 1.70. The van der Waals surface area contributed by atoms with Crippen LogP contribution >= 0.6 is 0 Å². The smallest absolute Gasteiger partial charge is 0.407 e. The highest BCUT2D eigenvalue weighted by atomic mass is 16.5. The lowest BCUT2D eigenvalue weighted by Crippen LogP contribution is -2.61. The molecule has 0 aliphatic heterocycles. The molecule has 2 N–H and O–H groups in total. The molecule has 0 aromatic carbocycles. The maximum atomic E-state index is 11.7. The van der Waals surface area contributed by atoms with E-state index < -0.39 is 17.5 Å². The number of nitrogens with one attached hydrogen (secondary N) is 1. The van der Waals surface area contributed by atoms with Crippen molar-refractivity contribution in [1.29, 1.82) is 0 Å². The highest BCUT2D eigenvalue weighted by molar-refractivity contribution is 5.75. The van der Waals surface area contributed by atoms with E-state index in [0.29, 0.717) is 18.8 Å². The van der Waals surface area contributed by atoms with Gasteiger partial charge in [0.1, 0.15) is 6.61 Å². The molecule has 110 valence electrons. The van der Waals surface area contributed by atoms with Crippen LogP contribution < -0.4 is 5.32 Å². The summed E-state index contributed by atoms with van der Waals surface area (Å²) in [6, 6.07) is 0.0799. The van der Waals surface area contributed by atoms with E-state index in [0.717, 1.165) is 19.3 Å². The molecular formula is C15H21NO4. The molecule has 0 aromatic heterocycles. The highest BCUT2D eigenvalue weighted by Crippen LogP contribution is 2.60. The van der Waals surface area contributed by atoms with Crippen LogP contribution in [0, 0.1) is 23.2 Å². The molecule has 5 nitrogen and oxygen atoms in total. The molecule has 0 heterocycles. The second-order valence-corrected chi connectivity index (χ2v) is 6.61. The van der Waals surface area contributed by atoms with Crippen LogP contribution in [0.2, 0.25) is 0 Å². The van der Waals surface area contributed by atoms with E-state index in [4.69, 9.17) is 4.74 Å². The molecule has 2 unspecified atom stereocenters. The average molecular weight is 279 g/mol. The average Bonchev–Trinajstić information content (AvgIpc) is 2.39. The summed E-state index contributed by atoms with van der Waals surface area (Å²) in [5.74, 6) is 0.442. The minimum atomic E-state index is -0.649. The summed E-state index contributed by atoms with van der Waals surface area (Å²) in [6.07, 6.45) is 5.42. The maximum absolute atomic E-state index is 11.7. The van der Waals surface area contributed by atoms with Crippen LogP contribution in [-0.2, 0) is 9.53 Å². The number of carbonyl (C=O) groups is 2. The normalized spacial score (nSPS) is 41.2. The summed E-state index contributed by atoms with van der Waals surface area (Å²) in [7, 11) is 0. The fraction of sp³-hybridized carbons (Fsp3) is 0.733. The van der Waals surface area contributed by atoms with E-state index in [1.54, 1.807) is 0 Å². The van der Waals surface area contributed by atoms with Crippen molar-refractivity contribution in [3.8, 4) is 0 Å². The molecule has 0 radical (unpaired) electrons. The first-order valence-corrected chi connectivity index (χ1v) is 7.31. The second kappa shape index (κ2) is 4.79. The van der Waals surface area contributed by atoms with Crippen molar-refractivity contribution in [3.05, 3.63) is 12.7 Å². The van der Waals surface area contributed by atoms with Crippen LogP contribution in [0.15, 0.2) is 12.7 Å². The molecule has 4 saturated carbocycles. The first kappa shape index (κ1) is 13.5. The van der Waals surface area contributed by atoms with Crippen LogP contribution in [0.25, 0.3) is 0 Å². The standard InChI is InChI=1S/C15H21NO4/c1-2-3-20-14(19)16-12-10-4-9-5-11(12)8-15(6-9,7-10)13(17)18/h2,9-12H,1,3-8H2,(H,16,19)(H,17,18). The minimum Gasteiger partial charge on any atom is -0.481 e. The highest BCUT2D eigenvalue weighted by Gasteiger charge is 2.59. The van der Waals surface area contributed by atoms with Crippen LogP contribution in [0.5, 0.6) is 0 Å². The van der Waals surface area contributed by atoms with Gasteiger partial charge < -0.3 is 15.2 Å². The van der Waals surface area contributed by atoms with E-state index in [1.165, 1.54) is 6.08 Å². The van der Waals surface area contributed by atoms with Crippen molar-refractivity contribution in [2.45, 2.75) is 38.1 Å². The monoisotopic (exact) mass is 279 g/mol. The van der Waals surface area contributed by atoms with E-state index in [2.05, 4.69) is 11.9 Å². The third kappa shape index (κ3) is 2.09. The Morgan fingerprint density at radius 2 is 1.95 bits per heavy atom. The van der Waals surface area contributed by atoms with Crippen LogP contribution in [-0.4, -0.2) is 29.8 Å². The van der Waals surface area contributed by atoms with E-state index in [1.807, 2.05) is 0 Å². The Morgan fingerprint density at radius 3 is 2.50 bits per heavy atom. The SMILES string of the molecule is C=CCOC(=O)NC1C2CC3CC1CC(C(=O)O)(C3)C2. The number of amides is 1. The largest absolute Gasteiger partial charge is 0.481 e. The van der Waals surface area contributed by atoms with E-state index >= 15 is 0 Å². The summed E-state index contributed by atoms with van der Waals surface area (Å²) in [5, 5.41) is 12.5. The van der Waals surface area contributed by atoms with Crippen molar-refractivity contribution in [2.75, 3.05) is 6.61 Å². The number of carbonyl (C=O) groups excluding carboxylic acids is 1. The van der Waals surface area contributed by atoms with Gasteiger partial charge in [-0.15, -0.1) is 0 Å². The molecule has 4 bridgehead atoms. The zero-order chi connectivity index (χ0) is 14.3. The first-order chi connectivity index (χ1) is 9.54. The number of carboxylic acids is 1. The number of ether oxygens (including phenoxy) is 1. The first-order valence-electron chi connectivity index (χ1n) is 7.31. The second-order valence-electron chi connectivity index (χ2n) is 6.61. The van der Waals surface area contributed by atoms with Crippen molar-refractivity contribution in [3.63, 3.8) is 0 Å². The van der Waals surface area contributed by atoms with E-state index in [-0.39, 0.29) is 24.5 Å². The lowest BCUT2D eigenvalue weighted by molar-refractivity contribution is -0.167. The van der Waals surface area contributed by atoms with Crippen molar-refractivity contribution >= 4 is 12.1 Å². The summed E-state index contributed by atoms with van der Waals surface area (Å²) >= 11 is 0. The predicted octanol–water partition coefficient (Wildman–Crippen LogP) is 2.18. The Kier molecular flexibility index (Phi) is 3.22. The number of rotatable bonds is 4. The zero-order valence-electron chi connectivity index (χ0n) is 11.5. The fourth-order valence-corrected chi connectivity index (χ4v) is 4.83. The van der Waals surface area contributed by atoms with E-state index in [9.17, 15) is 14.7 Å². The van der Waals surface area contributed by atoms with Gasteiger partial charge in [-0.1, -0.05) is 12.7 Å². The molecule has 4 fully saturated rings. The van der Waals surface area contributed by atoms with Gasteiger partial charge in [0, 0.05) is 6.04 Å². The Morgan fingerprint density at radius 1 is 1.30 bits per heavy atom. The number of hydrogen-bond donors (Lipinski definition) is 2. The molecule has 5 heteroatoms. The molecule has 20 heavy (non-hydrogen) atoms. The predicted molar refractivity (Wildman–Crippen MR) is 72.1 cm³/mol. The van der Waals surface area contributed by atoms with Gasteiger partial charge in [-0.3, -0.25) is 4.79 Å². The van der Waals surface area contributed by atoms with Gasteiger partial charge in [-0.05, 0) is 49.9 Å². The molecule has 2 atom stereocenters. The fourth-order valence-electron chi connectivity index (χ4n) is 4.83. The molecular weight excluding hydrogens is 258 g/mol. The molecule has 0 spiro atoms. The van der Waals surface area contributed by atoms with Crippen LogP contribution in [0.3, 0.4) is 0 Å². The van der Waals surface area contributed by atoms with Gasteiger partial charge in [-0.25, -0.2) is 4.79 Å². The lowest BCUT2D eigenvalue weighted by atomic mass is 9.48. The van der Waals surface area contributed by atoms with Gasteiger partial charge in [0.25, 0.3) is 0 Å². The number of carboxylic acid groups (broad SMARTS) is 1. The Labute approximate surface area is 118 Å². The number of aliphatic carboxylic acids is 1. The lowest BCUT2D eigenvalue weighted by Gasteiger charge is -2.58. The molecule has 0 aromatic rings. The van der Waals surface area contributed by atoms with Crippen LogP contribution in [0.1, 0.15) is 32.1 Å². The minimum absolute atomic E-state index is 0.0799. The molecule has 0 saturated heterocycles. The van der Waals surface area contributed by atoms with Crippen molar-refractivity contribution < 1.29 is 19.4 Å². The third-order valence-corrected chi connectivity index (χ3v) is 5.34. The summed E-state index contributed by atoms with van der Waals surface area (Å²) in [5.41, 5.74) is -0.528.